The molecule has 1 saturated heterocycles. The zero-order chi connectivity index (χ0) is 12.1. The molecule has 2 N–H and O–H groups in total. The second kappa shape index (κ2) is 6.03. The van der Waals surface area contributed by atoms with Crippen LogP contribution in [-0.4, -0.2) is 24.4 Å². The van der Waals surface area contributed by atoms with Gasteiger partial charge in [0.2, 0.25) is 0 Å². The van der Waals surface area contributed by atoms with Crippen molar-refractivity contribution in [2.75, 3.05) is 13.2 Å². The van der Waals surface area contributed by atoms with Crippen LogP contribution in [0, 0.1) is 5.92 Å². The Morgan fingerprint density at radius 1 is 1.41 bits per heavy atom. The van der Waals surface area contributed by atoms with Crippen molar-refractivity contribution in [3.05, 3.63) is 29.8 Å². The molecule has 0 saturated carbocycles. The van der Waals surface area contributed by atoms with Gasteiger partial charge in [-0.25, -0.2) is 0 Å². The van der Waals surface area contributed by atoms with Crippen molar-refractivity contribution in [2.24, 2.45) is 5.92 Å². The minimum atomic E-state index is 0.336. The van der Waals surface area contributed by atoms with Crippen molar-refractivity contribution in [2.45, 2.75) is 32.4 Å². The Labute approximate surface area is 103 Å². The monoisotopic (exact) mass is 235 g/mol. The molecular formula is C14H21NO2. The van der Waals surface area contributed by atoms with Gasteiger partial charge in [0.1, 0.15) is 5.75 Å². The fourth-order valence-corrected chi connectivity index (χ4v) is 2.33. The van der Waals surface area contributed by atoms with Gasteiger partial charge in [0, 0.05) is 25.8 Å². The van der Waals surface area contributed by atoms with Crippen LogP contribution in [0.3, 0.4) is 0 Å². The lowest BCUT2D eigenvalue weighted by Gasteiger charge is -2.28. The molecule has 0 aromatic heterocycles. The van der Waals surface area contributed by atoms with Crippen molar-refractivity contribution in [3.63, 3.8) is 0 Å². The minimum Gasteiger partial charge on any atom is -0.508 e. The number of rotatable bonds is 4. The van der Waals surface area contributed by atoms with Crippen molar-refractivity contribution in [1.82, 2.24) is 5.32 Å². The first kappa shape index (κ1) is 12.4. The summed E-state index contributed by atoms with van der Waals surface area (Å²) in [6, 6.07) is 7.92. The van der Waals surface area contributed by atoms with Crippen LogP contribution >= 0.6 is 0 Å². The molecule has 3 nitrogen and oxygen atoms in total. The number of phenols is 1. The third kappa shape index (κ3) is 3.72. The topological polar surface area (TPSA) is 41.5 Å². The highest BCUT2D eigenvalue weighted by molar-refractivity contribution is 5.26. The molecule has 1 aromatic rings. The largest absolute Gasteiger partial charge is 0.508 e. The molecule has 17 heavy (non-hydrogen) atoms. The van der Waals surface area contributed by atoms with Crippen LogP contribution in [0.25, 0.3) is 0 Å². The summed E-state index contributed by atoms with van der Waals surface area (Å²) in [6.07, 6.45) is 2.29. The van der Waals surface area contributed by atoms with Crippen LogP contribution in [0.1, 0.15) is 25.3 Å². The Bertz CT molecular complexity index is 348. The SMILES string of the molecule is CC(NCc1cccc(O)c1)C1CCOCC1. The van der Waals surface area contributed by atoms with Gasteiger partial charge in [-0.05, 0) is 43.4 Å². The number of phenolic OH excluding ortho intramolecular Hbond substituents is 1. The normalized spacial score (nSPS) is 19.1. The average Bonchev–Trinajstić information content (AvgIpc) is 2.37. The highest BCUT2D eigenvalue weighted by atomic mass is 16.5. The third-order valence-corrected chi connectivity index (χ3v) is 3.51. The molecule has 1 unspecified atom stereocenters. The van der Waals surface area contributed by atoms with Gasteiger partial charge in [-0.15, -0.1) is 0 Å². The Hall–Kier alpha value is -1.06. The Kier molecular flexibility index (Phi) is 4.40. The lowest BCUT2D eigenvalue weighted by molar-refractivity contribution is 0.0558. The number of benzene rings is 1. The Morgan fingerprint density at radius 3 is 2.88 bits per heavy atom. The van der Waals surface area contributed by atoms with Gasteiger partial charge < -0.3 is 15.2 Å². The van der Waals surface area contributed by atoms with Crippen LogP contribution in [0.5, 0.6) is 5.75 Å². The second-order valence-electron chi connectivity index (χ2n) is 4.79. The third-order valence-electron chi connectivity index (χ3n) is 3.51. The maximum Gasteiger partial charge on any atom is 0.115 e. The molecule has 0 aliphatic carbocycles. The van der Waals surface area contributed by atoms with Crippen LogP contribution in [-0.2, 0) is 11.3 Å². The van der Waals surface area contributed by atoms with Crippen LogP contribution in [0.2, 0.25) is 0 Å². The van der Waals surface area contributed by atoms with Crippen molar-refractivity contribution >= 4 is 0 Å². The zero-order valence-corrected chi connectivity index (χ0v) is 10.4. The lowest BCUT2D eigenvalue weighted by Crippen LogP contribution is -2.36. The Morgan fingerprint density at radius 2 is 2.18 bits per heavy atom. The fraction of sp³-hybridized carbons (Fsp3) is 0.571. The zero-order valence-electron chi connectivity index (χ0n) is 10.4. The fourth-order valence-electron chi connectivity index (χ4n) is 2.33. The molecule has 0 spiro atoms. The van der Waals surface area contributed by atoms with Crippen LogP contribution in [0.15, 0.2) is 24.3 Å². The van der Waals surface area contributed by atoms with E-state index in [1.807, 2.05) is 18.2 Å². The number of ether oxygens (including phenoxy) is 1. The summed E-state index contributed by atoms with van der Waals surface area (Å²) in [6.45, 7) is 4.83. The number of hydrogen-bond donors (Lipinski definition) is 2. The molecule has 1 atom stereocenters. The summed E-state index contributed by atoms with van der Waals surface area (Å²) in [4.78, 5) is 0. The summed E-state index contributed by atoms with van der Waals surface area (Å²) in [7, 11) is 0. The predicted octanol–water partition coefficient (Wildman–Crippen LogP) is 2.30. The van der Waals surface area contributed by atoms with Crippen LogP contribution in [0.4, 0.5) is 0 Å². The van der Waals surface area contributed by atoms with E-state index in [2.05, 4.69) is 12.2 Å². The summed E-state index contributed by atoms with van der Waals surface area (Å²) in [5.74, 6) is 1.05. The Balaban J connectivity index is 1.80. The summed E-state index contributed by atoms with van der Waals surface area (Å²) < 4.78 is 5.37. The van der Waals surface area contributed by atoms with Crippen molar-refractivity contribution < 1.29 is 9.84 Å². The van der Waals surface area contributed by atoms with E-state index in [4.69, 9.17) is 4.74 Å². The summed E-state index contributed by atoms with van der Waals surface area (Å²) >= 11 is 0. The first-order valence-electron chi connectivity index (χ1n) is 6.35. The molecule has 1 fully saturated rings. The molecule has 1 aliphatic rings. The van der Waals surface area contributed by atoms with Crippen molar-refractivity contribution in [1.29, 1.82) is 0 Å². The maximum atomic E-state index is 9.38. The smallest absolute Gasteiger partial charge is 0.115 e. The standard InChI is InChI=1S/C14H21NO2/c1-11(13-5-7-17-8-6-13)15-10-12-3-2-4-14(16)9-12/h2-4,9,11,13,15-16H,5-8,10H2,1H3. The van der Waals surface area contributed by atoms with E-state index in [1.54, 1.807) is 6.07 Å². The molecule has 0 radical (unpaired) electrons. The second-order valence-corrected chi connectivity index (χ2v) is 4.79. The lowest BCUT2D eigenvalue weighted by atomic mass is 9.93. The number of nitrogens with one attached hydrogen (secondary N) is 1. The maximum absolute atomic E-state index is 9.38. The van der Waals surface area contributed by atoms with Gasteiger partial charge in [-0.3, -0.25) is 0 Å². The van der Waals surface area contributed by atoms with Gasteiger partial charge in [-0.1, -0.05) is 12.1 Å². The van der Waals surface area contributed by atoms with E-state index in [0.717, 1.165) is 38.2 Å². The van der Waals surface area contributed by atoms with Gasteiger partial charge in [0.25, 0.3) is 0 Å². The molecular weight excluding hydrogens is 214 g/mol. The van der Waals surface area contributed by atoms with Gasteiger partial charge >= 0.3 is 0 Å². The van der Waals surface area contributed by atoms with Gasteiger partial charge in [-0.2, -0.15) is 0 Å². The average molecular weight is 235 g/mol. The first-order valence-corrected chi connectivity index (χ1v) is 6.35. The number of hydrogen-bond acceptors (Lipinski definition) is 3. The van der Waals surface area contributed by atoms with Crippen LogP contribution < -0.4 is 5.32 Å². The van der Waals surface area contributed by atoms with E-state index in [0.29, 0.717) is 17.7 Å². The van der Waals surface area contributed by atoms with Gasteiger partial charge in [0.15, 0.2) is 0 Å². The molecule has 1 aliphatic heterocycles. The molecule has 3 heteroatoms. The molecule has 2 rings (SSSR count). The molecule has 1 aromatic carbocycles. The van der Waals surface area contributed by atoms with E-state index < -0.39 is 0 Å². The number of aromatic hydroxyl groups is 1. The first-order chi connectivity index (χ1) is 8.25. The summed E-state index contributed by atoms with van der Waals surface area (Å²) in [5.41, 5.74) is 1.13. The van der Waals surface area contributed by atoms with E-state index in [1.165, 1.54) is 0 Å². The molecule has 1 heterocycles. The minimum absolute atomic E-state index is 0.336. The predicted molar refractivity (Wildman–Crippen MR) is 68.0 cm³/mol. The highest BCUT2D eigenvalue weighted by Crippen LogP contribution is 2.19. The highest BCUT2D eigenvalue weighted by Gasteiger charge is 2.19. The van der Waals surface area contributed by atoms with Gasteiger partial charge in [0.05, 0.1) is 0 Å². The summed E-state index contributed by atoms with van der Waals surface area (Å²) in [5, 5.41) is 12.9. The molecule has 0 amide bonds. The molecule has 94 valence electrons. The van der Waals surface area contributed by atoms with E-state index in [9.17, 15) is 5.11 Å². The molecule has 0 bridgehead atoms. The van der Waals surface area contributed by atoms with E-state index >= 15 is 0 Å². The van der Waals surface area contributed by atoms with E-state index in [-0.39, 0.29) is 0 Å². The van der Waals surface area contributed by atoms with Crippen molar-refractivity contribution in [3.8, 4) is 5.75 Å². The quantitative estimate of drug-likeness (QED) is 0.841.